The lowest BCUT2D eigenvalue weighted by atomic mass is 10.1. The summed E-state index contributed by atoms with van der Waals surface area (Å²) in [5.74, 6) is -0.0506. The van der Waals surface area contributed by atoms with Crippen LogP contribution in [0.1, 0.15) is 35.0 Å². The van der Waals surface area contributed by atoms with Gasteiger partial charge in [0.2, 0.25) is 0 Å². The van der Waals surface area contributed by atoms with Crippen LogP contribution >= 0.6 is 0 Å². The highest BCUT2D eigenvalue weighted by Crippen LogP contribution is 2.24. The molecule has 1 aliphatic heterocycles. The third-order valence-corrected chi connectivity index (χ3v) is 5.25. The predicted molar refractivity (Wildman–Crippen MR) is 104 cm³/mol. The number of carbonyl (C=O) groups excluding carboxylic acids is 1. The van der Waals surface area contributed by atoms with Crippen LogP contribution in [0.3, 0.4) is 0 Å². The minimum Gasteiger partial charge on any atom is -0.454 e. The summed E-state index contributed by atoms with van der Waals surface area (Å²) in [6, 6.07) is 11.0. The highest BCUT2D eigenvalue weighted by molar-refractivity contribution is 5.94. The fraction of sp³-hybridized carbons (Fsp3) is 0.238. The molecule has 0 saturated carbocycles. The van der Waals surface area contributed by atoms with Crippen molar-refractivity contribution in [2.24, 2.45) is 0 Å². The van der Waals surface area contributed by atoms with Crippen LogP contribution in [0.2, 0.25) is 0 Å². The summed E-state index contributed by atoms with van der Waals surface area (Å²) in [6.07, 6.45) is 1.57. The molecule has 5 rings (SSSR count). The first kappa shape index (κ1) is 18.4. The molecule has 3 heterocycles. The van der Waals surface area contributed by atoms with E-state index in [1.54, 1.807) is 28.8 Å². The SMILES string of the molecule is O=C(OCc1nc2ccccc2n1C(F)F)c1ccc2c(=O)n3c(nc2c1)CCC3. The van der Waals surface area contributed by atoms with E-state index in [0.717, 1.165) is 11.0 Å². The summed E-state index contributed by atoms with van der Waals surface area (Å²) in [5.41, 5.74) is 1.15. The number of aryl methyl sites for hydroxylation is 1. The van der Waals surface area contributed by atoms with Gasteiger partial charge >= 0.3 is 12.5 Å². The van der Waals surface area contributed by atoms with Crippen LogP contribution < -0.4 is 5.56 Å². The van der Waals surface area contributed by atoms with Gasteiger partial charge in [0.15, 0.2) is 5.82 Å². The highest BCUT2D eigenvalue weighted by Gasteiger charge is 2.20. The Balaban J connectivity index is 1.43. The predicted octanol–water partition coefficient (Wildman–Crippen LogP) is 3.44. The smallest absolute Gasteiger partial charge is 0.338 e. The number of carbonyl (C=O) groups is 1. The Morgan fingerprint density at radius 1 is 1.13 bits per heavy atom. The lowest BCUT2D eigenvalue weighted by Crippen LogP contribution is -2.21. The van der Waals surface area contributed by atoms with Gasteiger partial charge in [-0.2, -0.15) is 8.78 Å². The lowest BCUT2D eigenvalue weighted by Gasteiger charge is -2.09. The first-order chi connectivity index (χ1) is 14.5. The number of fused-ring (bicyclic) bond motifs is 3. The summed E-state index contributed by atoms with van der Waals surface area (Å²) in [5, 5.41) is 0.427. The molecule has 0 unspecified atom stereocenters. The molecule has 7 nitrogen and oxygen atoms in total. The number of halogens is 2. The molecule has 0 aliphatic carbocycles. The van der Waals surface area contributed by atoms with Gasteiger partial charge in [0.1, 0.15) is 12.4 Å². The monoisotopic (exact) mass is 410 g/mol. The molecule has 0 bridgehead atoms. The van der Waals surface area contributed by atoms with Crippen molar-refractivity contribution in [3.05, 3.63) is 70.0 Å². The van der Waals surface area contributed by atoms with Gasteiger partial charge in [-0.05, 0) is 36.8 Å². The largest absolute Gasteiger partial charge is 0.454 e. The maximum atomic E-state index is 13.5. The van der Waals surface area contributed by atoms with Crippen molar-refractivity contribution in [1.82, 2.24) is 19.1 Å². The van der Waals surface area contributed by atoms with Gasteiger partial charge in [0.25, 0.3) is 5.56 Å². The zero-order valence-electron chi connectivity index (χ0n) is 15.7. The van der Waals surface area contributed by atoms with Crippen molar-refractivity contribution < 1.29 is 18.3 Å². The number of aromatic nitrogens is 4. The quantitative estimate of drug-likeness (QED) is 0.482. The number of imidazole rings is 1. The van der Waals surface area contributed by atoms with Crippen molar-refractivity contribution in [1.29, 1.82) is 0 Å². The Morgan fingerprint density at radius 3 is 2.80 bits per heavy atom. The number of rotatable bonds is 4. The van der Waals surface area contributed by atoms with E-state index >= 15 is 0 Å². The molecule has 0 saturated heterocycles. The second-order valence-corrected chi connectivity index (χ2v) is 7.06. The number of nitrogens with zero attached hydrogens (tertiary/aromatic N) is 4. The lowest BCUT2D eigenvalue weighted by molar-refractivity contribution is 0.0387. The van der Waals surface area contributed by atoms with Crippen LogP contribution in [0.4, 0.5) is 8.78 Å². The normalized spacial score (nSPS) is 13.3. The molecular formula is C21H16F2N4O3. The number of hydrogen-bond donors (Lipinski definition) is 0. The average Bonchev–Trinajstić information content (AvgIpc) is 3.36. The second-order valence-electron chi connectivity index (χ2n) is 7.06. The van der Waals surface area contributed by atoms with E-state index in [1.165, 1.54) is 18.2 Å². The Kier molecular flexibility index (Phi) is 4.30. The summed E-state index contributed by atoms with van der Waals surface area (Å²) in [4.78, 5) is 33.7. The summed E-state index contributed by atoms with van der Waals surface area (Å²) in [6.45, 7) is -2.58. The summed E-state index contributed by atoms with van der Waals surface area (Å²) < 4.78 is 34.6. The fourth-order valence-electron chi connectivity index (χ4n) is 3.84. The molecule has 0 amide bonds. The van der Waals surface area contributed by atoms with Gasteiger partial charge in [-0.1, -0.05) is 12.1 Å². The first-order valence-electron chi connectivity index (χ1n) is 9.47. The van der Waals surface area contributed by atoms with E-state index in [4.69, 9.17) is 4.74 Å². The van der Waals surface area contributed by atoms with Crippen LogP contribution in [-0.4, -0.2) is 25.1 Å². The van der Waals surface area contributed by atoms with Crippen molar-refractivity contribution >= 4 is 27.9 Å². The van der Waals surface area contributed by atoms with Crippen molar-refractivity contribution in [3.8, 4) is 0 Å². The maximum Gasteiger partial charge on any atom is 0.338 e. The molecule has 0 radical (unpaired) electrons. The van der Waals surface area contributed by atoms with Crippen LogP contribution in [-0.2, 0) is 24.3 Å². The van der Waals surface area contributed by atoms with Gasteiger partial charge in [0, 0.05) is 13.0 Å². The Bertz CT molecular complexity index is 1360. The first-order valence-corrected chi connectivity index (χ1v) is 9.47. The van der Waals surface area contributed by atoms with E-state index in [0.29, 0.717) is 35.2 Å². The highest BCUT2D eigenvalue weighted by atomic mass is 19.3. The molecule has 1 aliphatic rings. The van der Waals surface area contributed by atoms with Gasteiger partial charge in [-0.15, -0.1) is 0 Å². The topological polar surface area (TPSA) is 79.0 Å². The minimum atomic E-state index is -2.81. The van der Waals surface area contributed by atoms with E-state index in [2.05, 4.69) is 9.97 Å². The number of alkyl halides is 2. The second kappa shape index (κ2) is 7.01. The van der Waals surface area contributed by atoms with Crippen molar-refractivity contribution in [2.75, 3.05) is 0 Å². The summed E-state index contributed by atoms with van der Waals surface area (Å²) >= 11 is 0. The zero-order chi connectivity index (χ0) is 20.8. The molecule has 152 valence electrons. The third-order valence-electron chi connectivity index (χ3n) is 5.25. The molecule has 2 aromatic heterocycles. The van der Waals surface area contributed by atoms with Gasteiger partial charge in [0.05, 0.1) is 27.5 Å². The van der Waals surface area contributed by atoms with E-state index in [-0.39, 0.29) is 22.5 Å². The maximum absolute atomic E-state index is 13.5. The number of hydrogen-bond acceptors (Lipinski definition) is 5. The van der Waals surface area contributed by atoms with Crippen LogP contribution in [0.25, 0.3) is 21.9 Å². The van der Waals surface area contributed by atoms with Crippen LogP contribution in [0, 0.1) is 0 Å². The molecule has 0 fully saturated rings. The number of ether oxygens (including phenoxy) is 1. The van der Waals surface area contributed by atoms with Gasteiger partial charge in [-0.25, -0.2) is 14.8 Å². The Morgan fingerprint density at radius 2 is 1.97 bits per heavy atom. The van der Waals surface area contributed by atoms with Crippen LogP contribution in [0.15, 0.2) is 47.3 Å². The van der Waals surface area contributed by atoms with Crippen molar-refractivity contribution in [2.45, 2.75) is 32.5 Å². The van der Waals surface area contributed by atoms with Gasteiger partial charge < -0.3 is 4.74 Å². The Labute approximate surface area is 168 Å². The number of para-hydroxylation sites is 2. The van der Waals surface area contributed by atoms with E-state index in [9.17, 15) is 18.4 Å². The standard InChI is InChI=1S/C21H16F2N4O3/c22-21(23)27-16-5-2-1-4-14(16)24-18(27)11-30-20(29)12-7-8-13-15(10-12)25-17-6-3-9-26(17)19(13)28/h1-2,4-5,7-8,10,21H,3,6,9,11H2. The molecule has 0 N–H and O–H groups in total. The number of benzene rings is 2. The van der Waals surface area contributed by atoms with Gasteiger partial charge in [-0.3, -0.25) is 13.9 Å². The fourth-order valence-corrected chi connectivity index (χ4v) is 3.84. The molecule has 0 atom stereocenters. The average molecular weight is 410 g/mol. The molecule has 0 spiro atoms. The van der Waals surface area contributed by atoms with Crippen molar-refractivity contribution in [3.63, 3.8) is 0 Å². The van der Waals surface area contributed by atoms with E-state index < -0.39 is 19.1 Å². The molecule has 30 heavy (non-hydrogen) atoms. The van der Waals surface area contributed by atoms with E-state index in [1.807, 2.05) is 0 Å². The molecular weight excluding hydrogens is 394 g/mol. The minimum absolute atomic E-state index is 0.0467. The summed E-state index contributed by atoms with van der Waals surface area (Å²) in [7, 11) is 0. The third kappa shape index (κ3) is 2.94. The zero-order valence-corrected chi connectivity index (χ0v) is 15.7. The van der Waals surface area contributed by atoms with Crippen LogP contribution in [0.5, 0.6) is 0 Å². The number of esters is 1. The molecule has 9 heteroatoms. The molecule has 2 aromatic carbocycles. The Hall–Kier alpha value is -3.62. The molecule has 4 aromatic rings.